The molecule has 0 aliphatic rings. The second-order valence-electron chi connectivity index (χ2n) is 4.26. The summed E-state index contributed by atoms with van der Waals surface area (Å²) in [7, 11) is 0. The molecule has 1 aromatic carbocycles. The number of hydrogen-bond acceptors (Lipinski definition) is 6. The van der Waals surface area contributed by atoms with Gasteiger partial charge < -0.3 is 22.8 Å². The van der Waals surface area contributed by atoms with E-state index in [4.69, 9.17) is 0 Å². The minimum absolute atomic E-state index is 0. The van der Waals surface area contributed by atoms with Crippen molar-refractivity contribution < 1.29 is 42.2 Å². The Morgan fingerprint density at radius 1 is 0.522 bits per heavy atom. The molecule has 1 aromatic rings. The Hall–Kier alpha value is 1.74. The van der Waals surface area contributed by atoms with Gasteiger partial charge in [-0.1, -0.05) is 0 Å². The normalized spacial score (nSPS) is 17.9. The fourth-order valence-electron chi connectivity index (χ4n) is 1.94. The van der Waals surface area contributed by atoms with Crippen LogP contribution in [0.15, 0.2) is 29.4 Å². The summed E-state index contributed by atoms with van der Waals surface area (Å²) in [5.74, 6) is 0. The van der Waals surface area contributed by atoms with Crippen LogP contribution in [0.4, 0.5) is 0 Å². The zero-order valence-electron chi connectivity index (χ0n) is 13.2. The standard InChI is InChI=1S/C11H16O5S6.Zn/c1-18(12)7-6(17)8(19(2)13)10(21(4)15)11(22(5)16)9(7)20(3)14;/h17H,1-5H3;. The van der Waals surface area contributed by atoms with Crippen molar-refractivity contribution in [2.75, 3.05) is 31.3 Å². The van der Waals surface area contributed by atoms with Crippen LogP contribution >= 0.6 is 12.6 Å². The summed E-state index contributed by atoms with van der Waals surface area (Å²) < 4.78 is 60.6. The minimum atomic E-state index is -1.64. The molecular weight excluding hydrogens is 470 g/mol. The molecule has 0 radical (unpaired) electrons. The predicted molar refractivity (Wildman–Crippen MR) is 95.4 cm³/mol. The van der Waals surface area contributed by atoms with E-state index in [0.29, 0.717) is 0 Å². The molecule has 0 aliphatic carbocycles. The molecule has 0 fully saturated rings. The van der Waals surface area contributed by atoms with E-state index >= 15 is 0 Å². The Bertz CT molecular complexity index is 511. The SMILES string of the molecule is C[S+]([O-])c1c(S)c([S+](C)[O-])c([S+](C)[O-])c([S+](C)[O-])c1[S+](C)[O-].[Zn]. The summed E-state index contributed by atoms with van der Waals surface area (Å²) in [4.78, 5) is 0.681. The first-order valence-electron chi connectivity index (χ1n) is 5.62. The van der Waals surface area contributed by atoms with Gasteiger partial charge in [0.25, 0.3) is 14.7 Å². The Morgan fingerprint density at radius 3 is 0.870 bits per heavy atom. The maximum absolute atomic E-state index is 12.2. The molecule has 23 heavy (non-hydrogen) atoms. The van der Waals surface area contributed by atoms with Crippen LogP contribution in [0.3, 0.4) is 0 Å². The van der Waals surface area contributed by atoms with E-state index in [1.54, 1.807) is 0 Å². The van der Waals surface area contributed by atoms with Crippen molar-refractivity contribution in [3.05, 3.63) is 0 Å². The van der Waals surface area contributed by atoms with Crippen molar-refractivity contribution in [3.63, 3.8) is 0 Å². The minimum Gasteiger partial charge on any atom is -0.611 e. The van der Waals surface area contributed by atoms with Gasteiger partial charge in [-0.15, -0.1) is 12.6 Å². The molecule has 1 rings (SSSR count). The third-order valence-electron chi connectivity index (χ3n) is 2.69. The first kappa shape index (κ1) is 24.7. The van der Waals surface area contributed by atoms with Crippen molar-refractivity contribution in [2.24, 2.45) is 0 Å². The first-order chi connectivity index (χ1) is 10.0. The van der Waals surface area contributed by atoms with Crippen LogP contribution in [0, 0.1) is 0 Å². The van der Waals surface area contributed by atoms with E-state index in [9.17, 15) is 22.8 Å². The Kier molecular flexibility index (Phi) is 10.9. The number of benzene rings is 1. The Morgan fingerprint density at radius 2 is 0.696 bits per heavy atom. The van der Waals surface area contributed by atoms with Crippen LogP contribution in [-0.4, -0.2) is 54.0 Å². The smallest absolute Gasteiger partial charge is 0.272 e. The summed E-state index contributed by atoms with van der Waals surface area (Å²) in [5, 5.41) is 0. The molecule has 0 saturated heterocycles. The Balaban J connectivity index is 0.00000484. The second-order valence-corrected chi connectivity index (χ2v) is 11.3. The summed E-state index contributed by atoms with van der Waals surface area (Å²) >= 11 is -3.77. The van der Waals surface area contributed by atoms with E-state index in [1.807, 2.05) is 0 Å². The van der Waals surface area contributed by atoms with Crippen molar-refractivity contribution in [2.45, 2.75) is 29.4 Å². The van der Waals surface area contributed by atoms with Gasteiger partial charge in [0.2, 0.25) is 9.79 Å². The molecule has 0 aromatic heterocycles. The van der Waals surface area contributed by atoms with Crippen LogP contribution in [0.1, 0.15) is 0 Å². The molecule has 128 valence electrons. The van der Waals surface area contributed by atoms with Crippen LogP contribution < -0.4 is 0 Å². The fraction of sp³-hybridized carbons (Fsp3) is 0.455. The van der Waals surface area contributed by atoms with Crippen molar-refractivity contribution in [1.82, 2.24) is 0 Å². The molecule has 5 unspecified atom stereocenters. The van der Waals surface area contributed by atoms with E-state index < -0.39 is 55.9 Å². The van der Waals surface area contributed by atoms with Crippen molar-refractivity contribution in [1.29, 1.82) is 0 Å². The van der Waals surface area contributed by atoms with Gasteiger partial charge in [-0.05, 0) is 55.9 Å². The van der Waals surface area contributed by atoms with Crippen molar-refractivity contribution in [3.8, 4) is 0 Å². The van der Waals surface area contributed by atoms with E-state index in [0.717, 1.165) is 0 Å². The van der Waals surface area contributed by atoms with Crippen LogP contribution in [0.2, 0.25) is 0 Å². The molecule has 0 amide bonds. The molecule has 0 heterocycles. The molecule has 5 atom stereocenters. The van der Waals surface area contributed by atoms with Crippen molar-refractivity contribution >= 4 is 68.5 Å². The summed E-state index contributed by atoms with van der Waals surface area (Å²) in [6.45, 7) is 0. The fourth-order valence-corrected chi connectivity index (χ4v) is 9.82. The zero-order chi connectivity index (χ0) is 17.4. The molecule has 0 bridgehead atoms. The summed E-state index contributed by atoms with van der Waals surface area (Å²) in [5.41, 5.74) is 0. The number of thiol groups is 1. The van der Waals surface area contributed by atoms with Gasteiger partial charge in [0, 0.05) is 19.5 Å². The summed E-state index contributed by atoms with van der Waals surface area (Å²) in [6.07, 6.45) is 6.82. The monoisotopic (exact) mass is 484 g/mol. The average molecular weight is 486 g/mol. The molecule has 0 saturated carbocycles. The van der Waals surface area contributed by atoms with Gasteiger partial charge in [-0.2, -0.15) is 0 Å². The number of hydrogen-bond donors (Lipinski definition) is 1. The number of rotatable bonds is 5. The van der Waals surface area contributed by atoms with Crippen LogP contribution in [-0.2, 0) is 75.4 Å². The van der Waals surface area contributed by atoms with E-state index in [-0.39, 0.29) is 48.9 Å². The predicted octanol–water partition coefficient (Wildman–Crippen LogP) is 0.660. The summed E-state index contributed by atoms with van der Waals surface area (Å²) in [6, 6.07) is 0. The largest absolute Gasteiger partial charge is 0.611 e. The van der Waals surface area contributed by atoms with Crippen LogP contribution in [0.25, 0.3) is 0 Å². The van der Waals surface area contributed by atoms with E-state index in [1.165, 1.54) is 31.3 Å². The third kappa shape index (κ3) is 5.36. The zero-order valence-corrected chi connectivity index (χ0v) is 21.2. The molecule has 0 aliphatic heterocycles. The van der Waals surface area contributed by atoms with Gasteiger partial charge in [0.15, 0.2) is 0 Å². The molecule has 5 nitrogen and oxygen atoms in total. The van der Waals surface area contributed by atoms with Gasteiger partial charge in [0.1, 0.15) is 36.2 Å². The molecular formula is C11H16O5S6Zn. The quantitative estimate of drug-likeness (QED) is 0.373. The third-order valence-corrected chi connectivity index (χ3v) is 8.87. The average Bonchev–Trinajstić information content (AvgIpc) is 2.34. The maximum Gasteiger partial charge on any atom is 0.272 e. The van der Waals surface area contributed by atoms with Gasteiger partial charge in [-0.25, -0.2) is 0 Å². The maximum atomic E-state index is 12.2. The van der Waals surface area contributed by atoms with Crippen LogP contribution in [0.5, 0.6) is 0 Å². The van der Waals surface area contributed by atoms with E-state index in [2.05, 4.69) is 12.6 Å². The van der Waals surface area contributed by atoms with Gasteiger partial charge >= 0.3 is 0 Å². The molecule has 0 spiro atoms. The first-order valence-corrected chi connectivity index (χ1v) is 13.9. The second kappa shape index (κ2) is 10.2. The Labute approximate surface area is 170 Å². The van der Waals surface area contributed by atoms with Gasteiger partial charge in [-0.3, -0.25) is 0 Å². The van der Waals surface area contributed by atoms with Gasteiger partial charge in [0.05, 0.1) is 0 Å². The topological polar surface area (TPSA) is 115 Å². The molecule has 0 N–H and O–H groups in total. The molecule has 12 heteroatoms.